The van der Waals surface area contributed by atoms with Crippen molar-refractivity contribution in [3.63, 3.8) is 0 Å². The molecule has 0 saturated heterocycles. The number of amides is 1. The van der Waals surface area contributed by atoms with Crippen molar-refractivity contribution in [3.05, 3.63) is 75.8 Å². The van der Waals surface area contributed by atoms with Gasteiger partial charge >= 0.3 is 0 Å². The molecule has 0 aliphatic rings. The van der Waals surface area contributed by atoms with E-state index in [0.29, 0.717) is 5.56 Å². The number of H-pyrrole nitrogens is 1. The van der Waals surface area contributed by atoms with E-state index in [-0.39, 0.29) is 22.4 Å². The lowest BCUT2D eigenvalue weighted by atomic mass is 10.0. The van der Waals surface area contributed by atoms with E-state index >= 15 is 0 Å². The summed E-state index contributed by atoms with van der Waals surface area (Å²) in [6, 6.07) is 8.54. The Labute approximate surface area is 164 Å². The highest BCUT2D eigenvalue weighted by molar-refractivity contribution is 5.98. The van der Waals surface area contributed by atoms with E-state index < -0.39 is 23.2 Å². The number of aryl methyl sites for hydroxylation is 1. The highest BCUT2D eigenvalue weighted by Crippen LogP contribution is 2.27. The molecule has 148 valence electrons. The second-order valence-electron chi connectivity index (χ2n) is 7.04. The fourth-order valence-corrected chi connectivity index (χ4v) is 3.45. The smallest absolute Gasteiger partial charge is 0.272 e. The zero-order valence-electron chi connectivity index (χ0n) is 16.0. The number of nitrogens with one attached hydrogen (secondary N) is 1. The van der Waals surface area contributed by atoms with Crippen LogP contribution in [0.2, 0.25) is 0 Å². The Morgan fingerprint density at radius 3 is 2.55 bits per heavy atom. The first-order valence-electron chi connectivity index (χ1n) is 8.97. The molecule has 2 heterocycles. The predicted molar refractivity (Wildman–Crippen MR) is 106 cm³/mol. The van der Waals surface area contributed by atoms with Crippen molar-refractivity contribution in [2.45, 2.75) is 13.0 Å². The van der Waals surface area contributed by atoms with E-state index in [4.69, 9.17) is 0 Å². The van der Waals surface area contributed by atoms with Crippen molar-refractivity contribution >= 4 is 27.6 Å². The van der Waals surface area contributed by atoms with Crippen molar-refractivity contribution in [3.8, 4) is 0 Å². The highest BCUT2D eigenvalue weighted by Gasteiger charge is 2.24. The Morgan fingerprint density at radius 1 is 1.14 bits per heavy atom. The molecule has 0 radical (unpaired) electrons. The van der Waals surface area contributed by atoms with Crippen molar-refractivity contribution in [1.29, 1.82) is 0 Å². The topological polar surface area (TPSA) is 71.0 Å². The summed E-state index contributed by atoms with van der Waals surface area (Å²) in [5, 5.41) is 7.46. The summed E-state index contributed by atoms with van der Waals surface area (Å²) in [5.74, 6) is -2.46. The Kier molecular flexibility index (Phi) is 4.41. The third-order valence-corrected chi connectivity index (χ3v) is 5.29. The lowest BCUT2D eigenvalue weighted by Gasteiger charge is -2.25. The molecule has 2 aromatic carbocycles. The lowest BCUT2D eigenvalue weighted by Crippen LogP contribution is -2.31. The maximum atomic E-state index is 13.8. The van der Waals surface area contributed by atoms with Crippen LogP contribution in [0.25, 0.3) is 21.7 Å². The number of carbonyl (C=O) groups is 1. The zero-order chi connectivity index (χ0) is 20.9. The fraction of sp³-hybridized carbons (Fsp3) is 0.190. The third-order valence-electron chi connectivity index (χ3n) is 5.29. The van der Waals surface area contributed by atoms with Crippen LogP contribution in [0.3, 0.4) is 0 Å². The van der Waals surface area contributed by atoms with Crippen molar-refractivity contribution in [1.82, 2.24) is 19.7 Å². The molecular formula is C21H18F2N4O2. The molecule has 0 bridgehead atoms. The number of benzene rings is 2. The van der Waals surface area contributed by atoms with Crippen LogP contribution in [0.15, 0.2) is 47.4 Å². The number of aromatic nitrogens is 3. The van der Waals surface area contributed by atoms with E-state index in [1.165, 1.54) is 4.90 Å². The number of fused-ring (bicyclic) bond motifs is 2. The van der Waals surface area contributed by atoms with Crippen LogP contribution in [0.1, 0.15) is 29.0 Å². The zero-order valence-corrected chi connectivity index (χ0v) is 16.0. The summed E-state index contributed by atoms with van der Waals surface area (Å²) >= 11 is 0. The monoisotopic (exact) mass is 396 g/mol. The number of halogens is 2. The SMILES string of the molecule is C[C@H](c1n[nH]c(=O)c2cc(F)c(F)cc12)N(C)C(=O)c1ccc2ccn(C)c2c1. The van der Waals surface area contributed by atoms with Gasteiger partial charge in [0.05, 0.1) is 17.1 Å². The van der Waals surface area contributed by atoms with E-state index in [9.17, 15) is 18.4 Å². The van der Waals surface area contributed by atoms with Gasteiger partial charge in [0, 0.05) is 36.8 Å². The normalized spacial score (nSPS) is 12.4. The molecule has 1 amide bonds. The van der Waals surface area contributed by atoms with Crippen LogP contribution in [0, 0.1) is 11.6 Å². The second kappa shape index (κ2) is 6.80. The molecule has 0 fully saturated rings. The maximum Gasteiger partial charge on any atom is 0.272 e. The summed E-state index contributed by atoms with van der Waals surface area (Å²) in [7, 11) is 3.49. The van der Waals surface area contributed by atoms with E-state index in [1.807, 2.05) is 29.9 Å². The van der Waals surface area contributed by atoms with Gasteiger partial charge in [0.1, 0.15) is 0 Å². The van der Waals surface area contributed by atoms with Gasteiger partial charge in [-0.2, -0.15) is 5.10 Å². The van der Waals surface area contributed by atoms with Crippen molar-refractivity contribution in [2.24, 2.45) is 7.05 Å². The molecule has 4 rings (SSSR count). The first kappa shape index (κ1) is 18.8. The summed E-state index contributed by atoms with van der Waals surface area (Å²) in [6.45, 7) is 1.71. The molecule has 8 heteroatoms. The van der Waals surface area contributed by atoms with E-state index in [2.05, 4.69) is 10.2 Å². The number of hydrogen-bond donors (Lipinski definition) is 1. The lowest BCUT2D eigenvalue weighted by molar-refractivity contribution is 0.0740. The van der Waals surface area contributed by atoms with Crippen molar-refractivity contribution < 1.29 is 13.6 Å². The van der Waals surface area contributed by atoms with Crippen LogP contribution in [-0.4, -0.2) is 32.6 Å². The summed E-state index contributed by atoms with van der Waals surface area (Å²) in [5.41, 5.74) is 1.05. The van der Waals surface area contributed by atoms with Crippen LogP contribution in [-0.2, 0) is 7.05 Å². The number of aromatic amines is 1. The Balaban J connectivity index is 1.75. The molecule has 2 aromatic heterocycles. The predicted octanol–water partition coefficient (Wildman–Crippen LogP) is 3.53. The quantitative estimate of drug-likeness (QED) is 0.576. The van der Waals surface area contributed by atoms with Gasteiger partial charge in [0.25, 0.3) is 11.5 Å². The molecule has 0 saturated carbocycles. The first-order valence-corrected chi connectivity index (χ1v) is 8.97. The largest absolute Gasteiger partial charge is 0.351 e. The van der Waals surface area contributed by atoms with Gasteiger partial charge in [-0.25, -0.2) is 13.9 Å². The molecule has 6 nitrogen and oxygen atoms in total. The first-order chi connectivity index (χ1) is 13.8. The molecule has 0 aliphatic heterocycles. The second-order valence-corrected chi connectivity index (χ2v) is 7.04. The highest BCUT2D eigenvalue weighted by atomic mass is 19.2. The van der Waals surface area contributed by atoms with E-state index in [0.717, 1.165) is 23.0 Å². The fourth-order valence-electron chi connectivity index (χ4n) is 3.45. The minimum absolute atomic E-state index is 0.0215. The Bertz CT molecular complexity index is 1330. The average Bonchev–Trinajstić information content (AvgIpc) is 3.08. The van der Waals surface area contributed by atoms with Gasteiger partial charge in [-0.3, -0.25) is 9.59 Å². The molecule has 0 unspecified atom stereocenters. The Hall–Kier alpha value is -3.55. The van der Waals surface area contributed by atoms with Gasteiger partial charge in [-0.15, -0.1) is 0 Å². The number of rotatable bonds is 3. The van der Waals surface area contributed by atoms with Crippen molar-refractivity contribution in [2.75, 3.05) is 7.05 Å². The molecule has 1 N–H and O–H groups in total. The molecule has 1 atom stereocenters. The average molecular weight is 396 g/mol. The standard InChI is InChI=1S/C21H18F2N4O2/c1-11(19-14-9-16(22)17(23)10-15(14)20(28)25-24-19)27(3)21(29)13-5-4-12-6-7-26(2)18(12)8-13/h4-11H,1-3H3,(H,25,28)/t11-/m1/s1. The van der Waals surface area contributed by atoms with Crippen LogP contribution < -0.4 is 5.56 Å². The van der Waals surface area contributed by atoms with Crippen LogP contribution in [0.4, 0.5) is 8.78 Å². The van der Waals surface area contributed by atoms with Crippen LogP contribution >= 0.6 is 0 Å². The van der Waals surface area contributed by atoms with Crippen LogP contribution in [0.5, 0.6) is 0 Å². The number of hydrogen-bond acceptors (Lipinski definition) is 3. The number of nitrogens with zero attached hydrogens (tertiary/aromatic N) is 3. The van der Waals surface area contributed by atoms with Gasteiger partial charge in [0.15, 0.2) is 11.6 Å². The van der Waals surface area contributed by atoms with Gasteiger partial charge < -0.3 is 9.47 Å². The Morgan fingerprint density at radius 2 is 1.83 bits per heavy atom. The minimum atomic E-state index is -1.12. The van der Waals surface area contributed by atoms with Gasteiger partial charge in [-0.1, -0.05) is 6.07 Å². The summed E-state index contributed by atoms with van der Waals surface area (Å²) in [6.07, 6.45) is 1.91. The molecule has 4 aromatic rings. The molecular weight excluding hydrogens is 378 g/mol. The van der Waals surface area contributed by atoms with Gasteiger partial charge in [-0.05, 0) is 42.6 Å². The summed E-state index contributed by atoms with van der Waals surface area (Å²) in [4.78, 5) is 26.5. The van der Waals surface area contributed by atoms with Gasteiger partial charge in [0.2, 0.25) is 0 Å². The maximum absolute atomic E-state index is 13.8. The molecule has 0 aliphatic carbocycles. The third kappa shape index (κ3) is 3.06. The van der Waals surface area contributed by atoms with E-state index in [1.54, 1.807) is 26.1 Å². The number of carbonyl (C=O) groups excluding carboxylic acids is 1. The minimum Gasteiger partial charge on any atom is -0.351 e. The molecule has 29 heavy (non-hydrogen) atoms. The summed E-state index contributed by atoms with van der Waals surface area (Å²) < 4.78 is 29.3. The molecule has 0 spiro atoms.